The summed E-state index contributed by atoms with van der Waals surface area (Å²) in [6.07, 6.45) is 3.55. The number of nitrogens with one attached hydrogen (secondary N) is 1. The number of carboxylic acids is 1. The number of hydrogen-bond donors (Lipinski definition) is 3. The zero-order valence-electron chi connectivity index (χ0n) is 12.8. The van der Waals surface area contributed by atoms with Crippen molar-refractivity contribution in [1.29, 1.82) is 0 Å². The number of non-ortho nitro benzene ring substituents is 1. The number of carboxylic acid groups (broad SMARTS) is 1. The maximum absolute atomic E-state index is 11.7. The third kappa shape index (κ3) is 3.55. The average molecular weight is 369 g/mol. The highest BCUT2D eigenvalue weighted by Gasteiger charge is 2.32. The lowest BCUT2D eigenvalue weighted by Crippen LogP contribution is -2.32. The first-order valence-electron chi connectivity index (χ1n) is 6.71. The molecular weight excluding hydrogens is 354 g/mol. The Labute approximate surface area is 146 Å². The quantitative estimate of drug-likeness (QED) is 0.409. The van der Waals surface area contributed by atoms with Crippen LogP contribution in [0.25, 0.3) is 0 Å². The molecule has 0 aromatic heterocycles. The summed E-state index contributed by atoms with van der Waals surface area (Å²) in [5.74, 6) is -1.24. The Morgan fingerprint density at radius 2 is 2.12 bits per heavy atom. The first kappa shape index (κ1) is 18.3. The fourth-order valence-electron chi connectivity index (χ4n) is 2.32. The Morgan fingerprint density at radius 3 is 2.62 bits per heavy atom. The summed E-state index contributed by atoms with van der Waals surface area (Å²) >= 11 is 2.60. The third-order valence-corrected chi connectivity index (χ3v) is 4.81. The highest BCUT2D eigenvalue weighted by atomic mass is 32.2. The van der Waals surface area contributed by atoms with Gasteiger partial charge in [0.05, 0.1) is 22.8 Å². The zero-order chi connectivity index (χ0) is 17.9. The molecule has 0 amide bonds. The molecule has 0 aliphatic carbocycles. The lowest BCUT2D eigenvalue weighted by molar-refractivity contribution is -0.385. The van der Waals surface area contributed by atoms with E-state index < -0.39 is 23.5 Å². The van der Waals surface area contributed by atoms with Crippen LogP contribution in [-0.2, 0) is 4.79 Å². The van der Waals surface area contributed by atoms with Gasteiger partial charge in [0, 0.05) is 22.6 Å². The lowest BCUT2D eigenvalue weighted by atomic mass is 9.96. The summed E-state index contributed by atoms with van der Waals surface area (Å²) in [4.78, 5) is 27.3. The van der Waals surface area contributed by atoms with Crippen LogP contribution < -0.4 is 5.32 Å². The SMILES string of the molecule is CSC1=NC(c2cc([N+](=O)[O-])ccc2SC)C(C(=O)O)=C(CO)N1. The van der Waals surface area contributed by atoms with Gasteiger partial charge >= 0.3 is 5.97 Å². The highest BCUT2D eigenvalue weighted by molar-refractivity contribution is 8.13. The topological polar surface area (TPSA) is 125 Å². The molecule has 1 aromatic carbocycles. The molecule has 8 nitrogen and oxygen atoms in total. The number of nitro groups is 1. The first-order valence-corrected chi connectivity index (χ1v) is 9.16. The largest absolute Gasteiger partial charge is 0.478 e. The highest BCUT2D eigenvalue weighted by Crippen LogP contribution is 2.38. The van der Waals surface area contributed by atoms with Crippen molar-refractivity contribution in [3.05, 3.63) is 45.1 Å². The molecule has 0 saturated heterocycles. The van der Waals surface area contributed by atoms with Crippen molar-refractivity contribution in [1.82, 2.24) is 5.32 Å². The van der Waals surface area contributed by atoms with E-state index >= 15 is 0 Å². The second kappa shape index (κ2) is 7.69. The van der Waals surface area contributed by atoms with Crippen LogP contribution >= 0.6 is 23.5 Å². The fraction of sp³-hybridized carbons (Fsp3) is 0.286. The molecule has 0 bridgehead atoms. The number of hydrogen-bond acceptors (Lipinski definition) is 8. The summed E-state index contributed by atoms with van der Waals surface area (Å²) in [6.45, 7) is -0.499. The molecule has 1 heterocycles. The van der Waals surface area contributed by atoms with Gasteiger partial charge < -0.3 is 15.5 Å². The Hall–Kier alpha value is -2.04. The van der Waals surface area contributed by atoms with E-state index in [-0.39, 0.29) is 17.0 Å². The monoisotopic (exact) mass is 369 g/mol. The van der Waals surface area contributed by atoms with E-state index in [1.165, 1.54) is 35.7 Å². The number of rotatable bonds is 5. The van der Waals surface area contributed by atoms with Crippen molar-refractivity contribution in [2.24, 2.45) is 4.99 Å². The molecule has 0 fully saturated rings. The van der Waals surface area contributed by atoms with Crippen LogP contribution in [0.2, 0.25) is 0 Å². The van der Waals surface area contributed by atoms with Crippen LogP contribution in [-0.4, -0.2) is 45.4 Å². The molecule has 1 unspecified atom stereocenters. The van der Waals surface area contributed by atoms with E-state index in [2.05, 4.69) is 10.3 Å². The number of aliphatic carboxylic acids is 1. The molecule has 1 atom stereocenters. The van der Waals surface area contributed by atoms with Crippen LogP contribution in [0.1, 0.15) is 11.6 Å². The van der Waals surface area contributed by atoms with Gasteiger partial charge in [-0.1, -0.05) is 11.8 Å². The van der Waals surface area contributed by atoms with Crippen LogP contribution in [0.3, 0.4) is 0 Å². The van der Waals surface area contributed by atoms with E-state index in [0.29, 0.717) is 15.6 Å². The summed E-state index contributed by atoms with van der Waals surface area (Å²) in [5.41, 5.74) is 0.294. The minimum atomic E-state index is -1.24. The molecule has 1 aliphatic heterocycles. The van der Waals surface area contributed by atoms with E-state index in [1.807, 2.05) is 0 Å². The van der Waals surface area contributed by atoms with Gasteiger partial charge in [-0.3, -0.25) is 10.1 Å². The van der Waals surface area contributed by atoms with Gasteiger partial charge in [-0.15, -0.1) is 11.8 Å². The number of aliphatic imine (C=N–C) groups is 1. The maximum Gasteiger partial charge on any atom is 0.335 e. The lowest BCUT2D eigenvalue weighted by Gasteiger charge is -2.26. The summed E-state index contributed by atoms with van der Waals surface area (Å²) in [7, 11) is 0. The fourth-order valence-corrected chi connectivity index (χ4v) is 3.37. The van der Waals surface area contributed by atoms with E-state index in [9.17, 15) is 25.1 Å². The average Bonchev–Trinajstić information content (AvgIpc) is 2.59. The number of nitrogens with zero attached hydrogens (tertiary/aromatic N) is 2. The van der Waals surface area contributed by atoms with Crippen molar-refractivity contribution in [2.75, 3.05) is 19.1 Å². The maximum atomic E-state index is 11.7. The predicted octanol–water partition coefficient (Wildman–Crippen LogP) is 2.01. The van der Waals surface area contributed by atoms with Crippen LogP contribution in [0.4, 0.5) is 5.69 Å². The van der Waals surface area contributed by atoms with Gasteiger partial charge in [-0.05, 0) is 18.6 Å². The van der Waals surface area contributed by atoms with Gasteiger partial charge in [-0.25, -0.2) is 9.79 Å². The molecule has 0 saturated carbocycles. The summed E-state index contributed by atoms with van der Waals surface area (Å²) < 4.78 is 0. The molecule has 0 radical (unpaired) electrons. The van der Waals surface area contributed by atoms with E-state index in [4.69, 9.17) is 0 Å². The number of carbonyl (C=O) groups is 1. The molecule has 0 spiro atoms. The Bertz CT molecular complexity index is 748. The summed E-state index contributed by atoms with van der Waals surface area (Å²) in [6, 6.07) is 3.34. The predicted molar refractivity (Wildman–Crippen MR) is 93.5 cm³/mol. The van der Waals surface area contributed by atoms with Crippen LogP contribution in [0, 0.1) is 10.1 Å². The smallest absolute Gasteiger partial charge is 0.335 e. The molecule has 1 aromatic rings. The molecule has 10 heteroatoms. The Balaban J connectivity index is 2.69. The molecule has 24 heavy (non-hydrogen) atoms. The van der Waals surface area contributed by atoms with E-state index in [1.54, 1.807) is 18.6 Å². The number of aliphatic hydroxyl groups is 1. The Morgan fingerprint density at radius 1 is 1.42 bits per heavy atom. The number of amidine groups is 1. The molecular formula is C14H15N3O5S2. The van der Waals surface area contributed by atoms with Gasteiger partial charge in [-0.2, -0.15) is 0 Å². The molecule has 2 rings (SSSR count). The number of benzene rings is 1. The van der Waals surface area contributed by atoms with Gasteiger partial charge in [0.15, 0.2) is 5.17 Å². The second-order valence-corrected chi connectivity index (χ2v) is 6.35. The van der Waals surface area contributed by atoms with Crippen molar-refractivity contribution < 1.29 is 19.9 Å². The Kier molecular flexibility index (Phi) is 5.86. The van der Waals surface area contributed by atoms with E-state index in [0.717, 1.165) is 0 Å². The molecule has 3 N–H and O–H groups in total. The standard InChI is InChI=1S/C14H15N3O5S2/c1-23-10-4-3-7(17(21)22)5-8(10)12-11(13(19)20)9(6-18)15-14(16-12)24-2/h3-5,12,18H,6H2,1-2H3,(H,15,16)(H,19,20). The number of thioether (sulfide) groups is 2. The minimum Gasteiger partial charge on any atom is -0.478 e. The van der Waals surface area contributed by atoms with Gasteiger partial charge in [0.2, 0.25) is 0 Å². The molecule has 128 valence electrons. The van der Waals surface area contributed by atoms with Crippen molar-refractivity contribution in [3.63, 3.8) is 0 Å². The van der Waals surface area contributed by atoms with Crippen LogP contribution in [0.5, 0.6) is 0 Å². The van der Waals surface area contributed by atoms with Crippen LogP contribution in [0.15, 0.2) is 39.4 Å². The normalized spacial score (nSPS) is 17.3. The molecule has 1 aliphatic rings. The van der Waals surface area contributed by atoms with Gasteiger partial charge in [0.25, 0.3) is 5.69 Å². The third-order valence-electron chi connectivity index (χ3n) is 3.40. The minimum absolute atomic E-state index is 0.119. The second-order valence-electron chi connectivity index (χ2n) is 4.70. The van der Waals surface area contributed by atoms with Crippen molar-refractivity contribution in [2.45, 2.75) is 10.9 Å². The zero-order valence-corrected chi connectivity index (χ0v) is 14.5. The first-order chi connectivity index (χ1) is 11.4. The van der Waals surface area contributed by atoms with Crippen molar-refractivity contribution >= 4 is 40.3 Å². The number of nitro benzene ring substituents is 1. The van der Waals surface area contributed by atoms with Gasteiger partial charge in [0.1, 0.15) is 6.04 Å². The summed E-state index contributed by atoms with van der Waals surface area (Å²) in [5, 5.41) is 33.3. The van der Waals surface area contributed by atoms with Crippen molar-refractivity contribution in [3.8, 4) is 0 Å². The number of aliphatic hydroxyl groups excluding tert-OH is 1.